The van der Waals surface area contributed by atoms with Crippen molar-refractivity contribution in [1.82, 2.24) is 4.90 Å². The number of carboxylic acids is 1. The van der Waals surface area contributed by atoms with E-state index < -0.39 is 10.7 Å². The van der Waals surface area contributed by atoms with Crippen LogP contribution in [0.2, 0.25) is 0 Å². The summed E-state index contributed by atoms with van der Waals surface area (Å²) in [6, 6.07) is 0. The molecule has 0 aromatic heterocycles. The van der Waals surface area contributed by atoms with Crippen LogP contribution in [-0.4, -0.2) is 46.5 Å². The van der Waals surface area contributed by atoms with Crippen LogP contribution in [0.5, 0.6) is 0 Å². The molecule has 0 aliphatic carbocycles. The Labute approximate surface area is 88.7 Å². The van der Waals surface area contributed by atoms with E-state index in [1.165, 1.54) is 16.7 Å². The molecule has 0 radical (unpaired) electrons. The number of hydrogen-bond donors (Lipinski definition) is 1. The quantitative estimate of drug-likeness (QED) is 0.751. The molecule has 0 bridgehead atoms. The van der Waals surface area contributed by atoms with Crippen LogP contribution >= 0.6 is 11.8 Å². The lowest BCUT2D eigenvalue weighted by Crippen LogP contribution is -2.29. The minimum atomic E-state index is -0.847. The molecule has 5 heteroatoms. The van der Waals surface area contributed by atoms with Crippen molar-refractivity contribution in [2.45, 2.75) is 25.0 Å². The number of carbonyl (C=O) groups is 2. The summed E-state index contributed by atoms with van der Waals surface area (Å²) in [6.45, 7) is 3.28. The molecule has 1 amide bonds. The van der Waals surface area contributed by atoms with Gasteiger partial charge in [-0.25, -0.2) is 0 Å². The molecule has 14 heavy (non-hydrogen) atoms. The van der Waals surface area contributed by atoms with Gasteiger partial charge in [0.05, 0.1) is 0 Å². The van der Waals surface area contributed by atoms with Crippen molar-refractivity contribution in [2.24, 2.45) is 0 Å². The number of carboxylic acid groups (broad SMARTS) is 1. The van der Waals surface area contributed by atoms with E-state index in [9.17, 15) is 9.59 Å². The Kier molecular flexibility index (Phi) is 4.97. The summed E-state index contributed by atoms with van der Waals surface area (Å²) >= 11 is 1.29. The first-order chi connectivity index (χ1) is 6.27. The van der Waals surface area contributed by atoms with Crippen LogP contribution in [0.4, 0.5) is 0 Å². The third-order valence-electron chi connectivity index (χ3n) is 1.79. The number of thioether (sulfide) groups is 1. The summed E-state index contributed by atoms with van der Waals surface area (Å²) < 4.78 is -0.813. The van der Waals surface area contributed by atoms with E-state index in [0.29, 0.717) is 12.2 Å². The fourth-order valence-corrected chi connectivity index (χ4v) is 1.59. The van der Waals surface area contributed by atoms with Crippen molar-refractivity contribution >= 4 is 23.6 Å². The summed E-state index contributed by atoms with van der Waals surface area (Å²) in [6.07, 6.45) is 0.383. The number of aliphatic carboxylic acids is 1. The van der Waals surface area contributed by atoms with Crippen molar-refractivity contribution in [3.05, 3.63) is 0 Å². The summed E-state index contributed by atoms with van der Waals surface area (Å²) in [5, 5.41) is 8.80. The molecule has 0 aliphatic rings. The lowest BCUT2D eigenvalue weighted by molar-refractivity contribution is -0.139. The largest absolute Gasteiger partial charge is 0.480 e. The average molecular weight is 219 g/mol. The first-order valence-electron chi connectivity index (χ1n) is 4.35. The molecule has 0 spiro atoms. The van der Waals surface area contributed by atoms with E-state index in [-0.39, 0.29) is 5.91 Å². The number of amides is 1. The number of nitrogens with zero attached hydrogens (tertiary/aromatic N) is 1. The molecule has 0 aromatic carbocycles. The van der Waals surface area contributed by atoms with E-state index in [0.717, 1.165) is 0 Å². The van der Waals surface area contributed by atoms with Gasteiger partial charge in [-0.1, -0.05) is 0 Å². The number of rotatable bonds is 5. The minimum absolute atomic E-state index is 0.0266. The maximum Gasteiger partial charge on any atom is 0.319 e. The maximum atomic E-state index is 11.2. The first-order valence-corrected chi connectivity index (χ1v) is 5.33. The van der Waals surface area contributed by atoms with E-state index >= 15 is 0 Å². The molecular formula is C9H17NO3S. The standard InChI is InChI=1S/C9H17NO3S/c1-9(2,8(12)13)14-6-5-7(11)10(3)4/h5-6H2,1-4H3,(H,12,13). The van der Waals surface area contributed by atoms with E-state index in [4.69, 9.17) is 5.11 Å². The van der Waals surface area contributed by atoms with Gasteiger partial charge in [0.25, 0.3) is 0 Å². The van der Waals surface area contributed by atoms with Crippen LogP contribution in [0.1, 0.15) is 20.3 Å². The van der Waals surface area contributed by atoms with Crippen molar-refractivity contribution in [3.8, 4) is 0 Å². The van der Waals surface area contributed by atoms with Gasteiger partial charge in [-0.2, -0.15) is 0 Å². The molecule has 0 aliphatic heterocycles. The van der Waals surface area contributed by atoms with Gasteiger partial charge in [0.2, 0.25) is 5.91 Å². The molecule has 4 nitrogen and oxygen atoms in total. The molecule has 0 saturated heterocycles. The van der Waals surface area contributed by atoms with E-state index in [1.807, 2.05) is 0 Å². The van der Waals surface area contributed by atoms with Gasteiger partial charge in [0, 0.05) is 26.3 Å². The molecule has 0 unspecified atom stereocenters. The summed E-state index contributed by atoms with van der Waals surface area (Å²) in [5.74, 6) is -0.283. The fraction of sp³-hybridized carbons (Fsp3) is 0.778. The third kappa shape index (κ3) is 4.50. The third-order valence-corrected chi connectivity index (χ3v) is 3.10. The van der Waals surface area contributed by atoms with Gasteiger partial charge >= 0.3 is 5.97 Å². The highest BCUT2D eigenvalue weighted by molar-refractivity contribution is 8.01. The van der Waals surface area contributed by atoms with Gasteiger partial charge in [-0.05, 0) is 13.8 Å². The van der Waals surface area contributed by atoms with Crippen LogP contribution in [0.15, 0.2) is 0 Å². The Morgan fingerprint density at radius 3 is 2.21 bits per heavy atom. The Hall–Kier alpha value is -0.710. The second-order valence-electron chi connectivity index (χ2n) is 3.70. The van der Waals surface area contributed by atoms with Crippen LogP contribution in [0, 0.1) is 0 Å². The normalized spacial score (nSPS) is 11.1. The molecule has 0 rings (SSSR count). The van der Waals surface area contributed by atoms with Crippen molar-refractivity contribution in [1.29, 1.82) is 0 Å². The molecule has 82 valence electrons. The molecule has 0 saturated carbocycles. The Bertz CT molecular complexity index is 226. The van der Waals surface area contributed by atoms with Crippen LogP contribution in [-0.2, 0) is 9.59 Å². The highest BCUT2D eigenvalue weighted by atomic mass is 32.2. The lowest BCUT2D eigenvalue weighted by atomic mass is 10.2. The molecular weight excluding hydrogens is 202 g/mol. The number of hydrogen-bond acceptors (Lipinski definition) is 3. The highest BCUT2D eigenvalue weighted by Gasteiger charge is 2.27. The molecule has 0 atom stereocenters. The predicted molar refractivity (Wildman–Crippen MR) is 57.5 cm³/mol. The molecule has 0 heterocycles. The summed E-state index contributed by atoms with van der Waals surface area (Å²) in [4.78, 5) is 23.4. The average Bonchev–Trinajstić information content (AvgIpc) is 2.03. The lowest BCUT2D eigenvalue weighted by Gasteiger charge is -2.18. The smallest absolute Gasteiger partial charge is 0.319 e. The zero-order chi connectivity index (χ0) is 11.4. The van der Waals surface area contributed by atoms with Crippen LogP contribution in [0.25, 0.3) is 0 Å². The Morgan fingerprint density at radius 2 is 1.86 bits per heavy atom. The minimum Gasteiger partial charge on any atom is -0.480 e. The van der Waals surface area contributed by atoms with Gasteiger partial charge in [0.1, 0.15) is 4.75 Å². The van der Waals surface area contributed by atoms with Gasteiger partial charge in [-0.3, -0.25) is 9.59 Å². The second kappa shape index (κ2) is 5.24. The fourth-order valence-electron chi connectivity index (χ4n) is 0.679. The predicted octanol–water partition coefficient (Wildman–Crippen LogP) is 1.06. The Balaban J connectivity index is 3.85. The molecule has 0 fully saturated rings. The van der Waals surface area contributed by atoms with Crippen molar-refractivity contribution in [2.75, 3.05) is 19.8 Å². The van der Waals surface area contributed by atoms with Gasteiger partial charge in [0.15, 0.2) is 0 Å². The Morgan fingerprint density at radius 1 is 1.36 bits per heavy atom. The SMILES string of the molecule is CN(C)C(=O)CCSC(C)(C)C(=O)O. The van der Waals surface area contributed by atoms with Crippen LogP contribution < -0.4 is 0 Å². The topological polar surface area (TPSA) is 57.6 Å². The molecule has 0 aromatic rings. The maximum absolute atomic E-state index is 11.2. The summed E-state index contributed by atoms with van der Waals surface area (Å²) in [5.41, 5.74) is 0. The molecule has 1 N–H and O–H groups in total. The zero-order valence-corrected chi connectivity index (χ0v) is 9.85. The highest BCUT2D eigenvalue weighted by Crippen LogP contribution is 2.25. The van der Waals surface area contributed by atoms with Gasteiger partial charge in [-0.15, -0.1) is 11.8 Å². The second-order valence-corrected chi connectivity index (χ2v) is 5.42. The van der Waals surface area contributed by atoms with E-state index in [2.05, 4.69) is 0 Å². The summed E-state index contributed by atoms with van der Waals surface area (Å²) in [7, 11) is 3.38. The van der Waals surface area contributed by atoms with Crippen LogP contribution in [0.3, 0.4) is 0 Å². The van der Waals surface area contributed by atoms with Gasteiger partial charge < -0.3 is 10.0 Å². The van der Waals surface area contributed by atoms with Crippen molar-refractivity contribution < 1.29 is 14.7 Å². The monoisotopic (exact) mass is 219 g/mol. The number of carbonyl (C=O) groups excluding carboxylic acids is 1. The van der Waals surface area contributed by atoms with Crippen molar-refractivity contribution in [3.63, 3.8) is 0 Å². The zero-order valence-electron chi connectivity index (χ0n) is 9.03. The first kappa shape index (κ1) is 13.3. The van der Waals surface area contributed by atoms with E-state index in [1.54, 1.807) is 27.9 Å².